The fourth-order valence-corrected chi connectivity index (χ4v) is 1.79. The molecule has 0 fully saturated rings. The number of phenolic OH excluding ortho intramolecular Hbond substituents is 1. The molecule has 0 heterocycles. The fourth-order valence-electron chi connectivity index (χ4n) is 1.66. The van der Waals surface area contributed by atoms with Crippen molar-refractivity contribution < 1.29 is 15.0 Å². The van der Waals surface area contributed by atoms with Crippen molar-refractivity contribution in [1.82, 2.24) is 0 Å². The van der Waals surface area contributed by atoms with Crippen molar-refractivity contribution in [2.45, 2.75) is 0 Å². The van der Waals surface area contributed by atoms with Gasteiger partial charge in [-0.25, -0.2) is 4.79 Å². The highest BCUT2D eigenvalue weighted by Crippen LogP contribution is 2.24. The summed E-state index contributed by atoms with van der Waals surface area (Å²) in [6.07, 6.45) is 1.43. The van der Waals surface area contributed by atoms with Crippen LogP contribution >= 0.6 is 11.6 Å². The molecule has 2 rings (SSSR count). The van der Waals surface area contributed by atoms with E-state index in [1.807, 2.05) is 0 Å². The number of aromatic hydroxyl groups is 1. The third-order valence-electron chi connectivity index (χ3n) is 2.62. The molecular weight excluding hydrogens is 264 g/mol. The largest absolute Gasteiger partial charge is 0.507 e. The predicted molar refractivity (Wildman–Crippen MR) is 75.1 cm³/mol. The number of aliphatic carboxylic acids is 1. The van der Waals surface area contributed by atoms with Crippen LogP contribution in [0.3, 0.4) is 0 Å². The van der Waals surface area contributed by atoms with Crippen LogP contribution in [0.1, 0.15) is 11.1 Å². The second kappa shape index (κ2) is 5.59. The molecule has 19 heavy (non-hydrogen) atoms. The minimum atomic E-state index is -1.06. The second-order valence-corrected chi connectivity index (χ2v) is 4.37. The van der Waals surface area contributed by atoms with Gasteiger partial charge in [0.1, 0.15) is 5.75 Å². The number of rotatable bonds is 3. The molecule has 0 bridgehead atoms. The number of phenols is 1. The number of benzene rings is 2. The van der Waals surface area contributed by atoms with Crippen molar-refractivity contribution in [3.63, 3.8) is 0 Å². The third kappa shape index (κ3) is 3.14. The van der Waals surface area contributed by atoms with E-state index in [-0.39, 0.29) is 11.3 Å². The van der Waals surface area contributed by atoms with Gasteiger partial charge in [0, 0.05) is 10.6 Å². The summed E-state index contributed by atoms with van der Waals surface area (Å²) in [7, 11) is 0. The number of carboxylic acid groups (broad SMARTS) is 1. The van der Waals surface area contributed by atoms with Crippen LogP contribution in [0.4, 0.5) is 0 Å². The molecule has 0 saturated heterocycles. The van der Waals surface area contributed by atoms with Crippen LogP contribution in [0.5, 0.6) is 5.75 Å². The second-order valence-electron chi connectivity index (χ2n) is 3.93. The monoisotopic (exact) mass is 274 g/mol. The van der Waals surface area contributed by atoms with E-state index < -0.39 is 5.97 Å². The summed E-state index contributed by atoms with van der Waals surface area (Å²) in [5.41, 5.74) is 1.08. The Kier molecular flexibility index (Phi) is 3.88. The molecule has 0 spiro atoms. The lowest BCUT2D eigenvalue weighted by molar-refractivity contribution is -0.130. The first-order valence-corrected chi connectivity index (χ1v) is 5.94. The molecule has 4 heteroatoms. The van der Waals surface area contributed by atoms with Gasteiger partial charge in [0.05, 0.1) is 5.57 Å². The van der Waals surface area contributed by atoms with E-state index in [1.54, 1.807) is 42.5 Å². The van der Waals surface area contributed by atoms with Crippen LogP contribution in [0.25, 0.3) is 11.6 Å². The Bertz CT molecular complexity index is 630. The standard InChI is InChI=1S/C15H11ClO3/c16-12-7-5-10(6-8-12)13(15(18)19)9-11-3-1-2-4-14(11)17/h1-9,17H,(H,18,19). The molecule has 0 aromatic heterocycles. The Morgan fingerprint density at radius 2 is 1.68 bits per heavy atom. The van der Waals surface area contributed by atoms with Crippen molar-refractivity contribution in [1.29, 1.82) is 0 Å². The number of halogens is 1. The molecule has 0 radical (unpaired) electrons. The quantitative estimate of drug-likeness (QED) is 0.663. The summed E-state index contributed by atoms with van der Waals surface area (Å²) in [5.74, 6) is -1.03. The van der Waals surface area contributed by atoms with Gasteiger partial charge >= 0.3 is 5.97 Å². The van der Waals surface area contributed by atoms with E-state index in [4.69, 9.17) is 11.6 Å². The van der Waals surface area contributed by atoms with Gasteiger partial charge < -0.3 is 10.2 Å². The van der Waals surface area contributed by atoms with E-state index in [0.717, 1.165) is 0 Å². The third-order valence-corrected chi connectivity index (χ3v) is 2.87. The van der Waals surface area contributed by atoms with Gasteiger partial charge in [-0.15, -0.1) is 0 Å². The zero-order valence-electron chi connectivity index (χ0n) is 9.88. The molecule has 0 aliphatic rings. The maximum atomic E-state index is 11.3. The van der Waals surface area contributed by atoms with Crippen molar-refractivity contribution in [3.05, 3.63) is 64.7 Å². The zero-order chi connectivity index (χ0) is 13.8. The highest BCUT2D eigenvalue weighted by Gasteiger charge is 2.11. The lowest BCUT2D eigenvalue weighted by atomic mass is 10.0. The van der Waals surface area contributed by atoms with Crippen molar-refractivity contribution >= 4 is 29.2 Å². The molecule has 0 aliphatic carbocycles. The first kappa shape index (κ1) is 13.2. The van der Waals surface area contributed by atoms with Crippen LogP contribution in [-0.2, 0) is 4.79 Å². The van der Waals surface area contributed by atoms with Gasteiger partial charge in [0.15, 0.2) is 0 Å². The summed E-state index contributed by atoms with van der Waals surface area (Å²) in [6, 6.07) is 13.1. The van der Waals surface area contributed by atoms with Gasteiger partial charge in [0.2, 0.25) is 0 Å². The van der Waals surface area contributed by atoms with Gasteiger partial charge in [0.25, 0.3) is 0 Å². The van der Waals surface area contributed by atoms with Gasteiger partial charge in [-0.2, -0.15) is 0 Å². The molecule has 0 unspecified atom stereocenters. The average Bonchev–Trinajstić information content (AvgIpc) is 2.39. The predicted octanol–water partition coefficient (Wildman–Crippen LogP) is 3.67. The van der Waals surface area contributed by atoms with Crippen LogP contribution in [0.2, 0.25) is 5.02 Å². The number of carboxylic acids is 1. The average molecular weight is 275 g/mol. The van der Waals surface area contributed by atoms with Crippen LogP contribution < -0.4 is 0 Å². The van der Waals surface area contributed by atoms with Crippen molar-refractivity contribution in [2.24, 2.45) is 0 Å². The number of carbonyl (C=O) groups is 1. The van der Waals surface area contributed by atoms with Crippen LogP contribution in [-0.4, -0.2) is 16.2 Å². The van der Waals surface area contributed by atoms with Crippen LogP contribution in [0, 0.1) is 0 Å². The molecule has 0 saturated carbocycles. The lowest BCUT2D eigenvalue weighted by Crippen LogP contribution is -1.99. The van der Waals surface area contributed by atoms with Crippen molar-refractivity contribution in [2.75, 3.05) is 0 Å². The maximum absolute atomic E-state index is 11.3. The first-order valence-electron chi connectivity index (χ1n) is 5.57. The number of para-hydroxylation sites is 1. The minimum absolute atomic E-state index is 0.0372. The molecule has 3 nitrogen and oxygen atoms in total. The molecule has 2 aromatic carbocycles. The topological polar surface area (TPSA) is 57.5 Å². The summed E-state index contributed by atoms with van der Waals surface area (Å²) >= 11 is 5.77. The Labute approximate surface area is 115 Å². The Balaban J connectivity index is 2.50. The van der Waals surface area contributed by atoms with Crippen LogP contribution in [0.15, 0.2) is 48.5 Å². The smallest absolute Gasteiger partial charge is 0.336 e. The summed E-state index contributed by atoms with van der Waals surface area (Å²) in [6.45, 7) is 0. The molecule has 2 aromatic rings. The molecule has 96 valence electrons. The normalized spacial score (nSPS) is 11.3. The number of hydrogen-bond donors (Lipinski definition) is 2. The maximum Gasteiger partial charge on any atom is 0.336 e. The van der Waals surface area contributed by atoms with E-state index >= 15 is 0 Å². The Morgan fingerprint density at radius 1 is 1.05 bits per heavy atom. The summed E-state index contributed by atoms with van der Waals surface area (Å²) < 4.78 is 0. The molecular formula is C15H11ClO3. The summed E-state index contributed by atoms with van der Waals surface area (Å²) in [4.78, 5) is 11.3. The van der Waals surface area contributed by atoms with E-state index in [2.05, 4.69) is 0 Å². The molecule has 0 atom stereocenters. The van der Waals surface area contributed by atoms with Crippen molar-refractivity contribution in [3.8, 4) is 5.75 Å². The SMILES string of the molecule is O=C(O)C(=Cc1ccccc1O)c1ccc(Cl)cc1. The van der Waals surface area contributed by atoms with Gasteiger partial charge in [-0.05, 0) is 29.8 Å². The lowest BCUT2D eigenvalue weighted by Gasteiger charge is -2.04. The highest BCUT2D eigenvalue weighted by atomic mass is 35.5. The Hall–Kier alpha value is -2.26. The number of hydrogen-bond acceptors (Lipinski definition) is 2. The first-order chi connectivity index (χ1) is 9.08. The minimum Gasteiger partial charge on any atom is -0.507 e. The van der Waals surface area contributed by atoms with E-state index in [9.17, 15) is 15.0 Å². The highest BCUT2D eigenvalue weighted by molar-refractivity contribution is 6.30. The Morgan fingerprint density at radius 3 is 2.26 bits per heavy atom. The fraction of sp³-hybridized carbons (Fsp3) is 0. The van der Waals surface area contributed by atoms with Gasteiger partial charge in [-0.3, -0.25) is 0 Å². The van der Waals surface area contributed by atoms with Gasteiger partial charge in [-0.1, -0.05) is 41.9 Å². The molecule has 0 amide bonds. The molecule has 2 N–H and O–H groups in total. The zero-order valence-corrected chi connectivity index (χ0v) is 10.6. The van der Waals surface area contributed by atoms with E-state index in [1.165, 1.54) is 12.1 Å². The summed E-state index contributed by atoms with van der Waals surface area (Å²) in [5, 5.41) is 19.5. The molecule has 0 aliphatic heterocycles. The van der Waals surface area contributed by atoms with E-state index in [0.29, 0.717) is 16.1 Å².